The fourth-order valence-corrected chi connectivity index (χ4v) is 1.51. The molecule has 4 nitrogen and oxygen atoms in total. The van der Waals surface area contributed by atoms with Crippen LogP contribution in [0.25, 0.3) is 0 Å². The van der Waals surface area contributed by atoms with Crippen molar-refractivity contribution >= 4 is 11.5 Å². The Bertz CT molecular complexity index is 372. The van der Waals surface area contributed by atoms with E-state index in [9.17, 15) is 5.11 Å². The Morgan fingerprint density at radius 2 is 2.14 bits per heavy atom. The molecule has 0 amide bonds. The molecule has 0 radical (unpaired) electrons. The quantitative estimate of drug-likeness (QED) is 0.627. The molecule has 0 saturated heterocycles. The number of rotatable bonds is 2. The molecule has 1 aromatic heterocycles. The minimum Gasteiger partial charge on any atom is -0.506 e. The molecule has 1 heterocycles. The van der Waals surface area contributed by atoms with Gasteiger partial charge in [-0.25, -0.2) is 4.98 Å². The highest BCUT2D eigenvalue weighted by atomic mass is 16.3. The predicted octanol–water partition coefficient (Wildman–Crippen LogP) is 1.88. The third-order valence-corrected chi connectivity index (χ3v) is 2.08. The Labute approximate surface area is 83.3 Å². The van der Waals surface area contributed by atoms with Crippen LogP contribution in [-0.4, -0.2) is 15.8 Å². The molecule has 76 valence electrons. The lowest BCUT2D eigenvalue weighted by molar-refractivity contribution is 0.462. The summed E-state index contributed by atoms with van der Waals surface area (Å²) in [5, 5.41) is 17.2. The number of nitrogen functional groups attached to an aromatic ring is 1. The van der Waals surface area contributed by atoms with Crippen LogP contribution >= 0.6 is 0 Å². The summed E-state index contributed by atoms with van der Waals surface area (Å²) in [6, 6.07) is 0. The van der Waals surface area contributed by atoms with Gasteiger partial charge in [0, 0.05) is 16.8 Å². The molecule has 0 unspecified atom stereocenters. The Morgan fingerprint density at radius 1 is 1.57 bits per heavy atom. The number of nitrogens with two attached hydrogens (primary N) is 1. The van der Waals surface area contributed by atoms with E-state index in [1.54, 1.807) is 6.92 Å². The molecule has 14 heavy (non-hydrogen) atoms. The van der Waals surface area contributed by atoms with Crippen molar-refractivity contribution in [2.75, 3.05) is 5.73 Å². The number of aromatic hydroxyl groups is 1. The molecule has 0 aliphatic heterocycles. The molecule has 0 aliphatic carbocycles. The molecule has 0 aromatic carbocycles. The van der Waals surface area contributed by atoms with Crippen molar-refractivity contribution in [3.8, 4) is 5.75 Å². The number of anilines is 1. The number of nitrogens with zero attached hydrogens (tertiary/aromatic N) is 1. The summed E-state index contributed by atoms with van der Waals surface area (Å²) in [7, 11) is 0. The molecule has 1 rings (SSSR count). The van der Waals surface area contributed by atoms with Gasteiger partial charge in [0.1, 0.15) is 11.6 Å². The lowest BCUT2D eigenvalue weighted by atomic mass is 9.95. The number of hydrogen-bond donors (Lipinski definition) is 3. The van der Waals surface area contributed by atoms with E-state index in [1.165, 1.54) is 6.20 Å². The van der Waals surface area contributed by atoms with Crippen LogP contribution < -0.4 is 5.73 Å². The van der Waals surface area contributed by atoms with Gasteiger partial charge in [-0.2, -0.15) is 0 Å². The molecule has 0 atom stereocenters. The molecule has 0 saturated carbocycles. The van der Waals surface area contributed by atoms with Gasteiger partial charge in [0.2, 0.25) is 0 Å². The highest BCUT2D eigenvalue weighted by Crippen LogP contribution is 2.31. The van der Waals surface area contributed by atoms with Gasteiger partial charge in [-0.1, -0.05) is 13.8 Å². The zero-order valence-electron chi connectivity index (χ0n) is 8.63. The fourth-order valence-electron chi connectivity index (χ4n) is 1.51. The highest BCUT2D eigenvalue weighted by Gasteiger charge is 2.16. The van der Waals surface area contributed by atoms with Crippen molar-refractivity contribution in [2.24, 2.45) is 0 Å². The van der Waals surface area contributed by atoms with Gasteiger partial charge in [0.05, 0.1) is 6.20 Å². The van der Waals surface area contributed by atoms with Crippen LogP contribution in [0.15, 0.2) is 6.20 Å². The molecule has 1 aromatic rings. The zero-order chi connectivity index (χ0) is 10.9. The van der Waals surface area contributed by atoms with Crippen LogP contribution in [0.3, 0.4) is 0 Å². The molecule has 0 bridgehead atoms. The van der Waals surface area contributed by atoms with Crippen LogP contribution in [0.4, 0.5) is 5.82 Å². The summed E-state index contributed by atoms with van der Waals surface area (Å²) in [6.45, 7) is 5.53. The second kappa shape index (κ2) is 3.65. The van der Waals surface area contributed by atoms with E-state index in [1.807, 2.05) is 13.8 Å². The maximum atomic E-state index is 9.62. The van der Waals surface area contributed by atoms with Crippen molar-refractivity contribution in [2.45, 2.75) is 26.7 Å². The van der Waals surface area contributed by atoms with Crippen molar-refractivity contribution < 1.29 is 5.11 Å². The Kier molecular flexibility index (Phi) is 2.74. The Hall–Kier alpha value is -1.58. The van der Waals surface area contributed by atoms with Gasteiger partial charge < -0.3 is 16.2 Å². The molecule has 4 heteroatoms. The summed E-state index contributed by atoms with van der Waals surface area (Å²) in [5.74, 6) is 0.533. The third kappa shape index (κ3) is 1.69. The lowest BCUT2D eigenvalue weighted by Gasteiger charge is -2.14. The van der Waals surface area contributed by atoms with Crippen LogP contribution in [0.1, 0.15) is 37.8 Å². The molecule has 0 fully saturated rings. The summed E-state index contributed by atoms with van der Waals surface area (Å²) in [6.07, 6.45) is 1.33. The van der Waals surface area contributed by atoms with Gasteiger partial charge in [0.25, 0.3) is 0 Å². The zero-order valence-corrected chi connectivity index (χ0v) is 8.63. The summed E-state index contributed by atoms with van der Waals surface area (Å²) < 4.78 is 0. The molecular weight excluding hydrogens is 178 g/mol. The summed E-state index contributed by atoms with van der Waals surface area (Å²) in [5.41, 5.74) is 7.25. The van der Waals surface area contributed by atoms with Gasteiger partial charge in [0.15, 0.2) is 0 Å². The highest BCUT2D eigenvalue weighted by molar-refractivity contribution is 6.02. The van der Waals surface area contributed by atoms with E-state index in [0.717, 1.165) is 0 Å². The van der Waals surface area contributed by atoms with Crippen molar-refractivity contribution in [3.63, 3.8) is 0 Å². The van der Waals surface area contributed by atoms with E-state index >= 15 is 0 Å². The first-order valence-electron chi connectivity index (χ1n) is 4.48. The van der Waals surface area contributed by atoms with E-state index in [-0.39, 0.29) is 11.7 Å². The second-order valence-corrected chi connectivity index (χ2v) is 3.60. The average molecular weight is 193 g/mol. The van der Waals surface area contributed by atoms with E-state index in [2.05, 4.69) is 4.98 Å². The first kappa shape index (κ1) is 10.5. The van der Waals surface area contributed by atoms with E-state index in [0.29, 0.717) is 22.7 Å². The maximum Gasteiger partial charge on any atom is 0.138 e. The van der Waals surface area contributed by atoms with Crippen molar-refractivity contribution in [1.82, 2.24) is 4.98 Å². The van der Waals surface area contributed by atoms with Gasteiger partial charge in [-0.15, -0.1) is 0 Å². The smallest absolute Gasteiger partial charge is 0.138 e. The SMILES string of the molecule is CC(=N)c1c(N)ncc(O)c1C(C)C. The Morgan fingerprint density at radius 3 is 2.50 bits per heavy atom. The van der Waals surface area contributed by atoms with Gasteiger partial charge in [-0.3, -0.25) is 0 Å². The molecule has 4 N–H and O–H groups in total. The van der Waals surface area contributed by atoms with Crippen LogP contribution in [0.5, 0.6) is 5.75 Å². The predicted molar refractivity (Wildman–Crippen MR) is 56.9 cm³/mol. The normalized spacial score (nSPS) is 10.6. The minimum atomic E-state index is 0.107. The number of pyridine rings is 1. The first-order valence-corrected chi connectivity index (χ1v) is 4.48. The standard InChI is InChI=1S/C10H15N3O/c1-5(2)8-7(14)4-13-10(12)9(8)6(3)11/h4-5,11,14H,1-3H3,(H2,12,13). The van der Waals surface area contributed by atoms with Crippen LogP contribution in [0, 0.1) is 5.41 Å². The Balaban J connectivity index is 3.50. The minimum absolute atomic E-state index is 0.107. The summed E-state index contributed by atoms with van der Waals surface area (Å²) in [4.78, 5) is 3.83. The first-order chi connectivity index (χ1) is 6.45. The third-order valence-electron chi connectivity index (χ3n) is 2.08. The van der Waals surface area contributed by atoms with Crippen molar-refractivity contribution in [1.29, 1.82) is 5.41 Å². The lowest BCUT2D eigenvalue weighted by Crippen LogP contribution is -2.08. The second-order valence-electron chi connectivity index (χ2n) is 3.60. The van der Waals surface area contributed by atoms with E-state index in [4.69, 9.17) is 11.1 Å². The van der Waals surface area contributed by atoms with Gasteiger partial charge >= 0.3 is 0 Å². The van der Waals surface area contributed by atoms with Crippen LogP contribution in [0.2, 0.25) is 0 Å². The molecule has 0 spiro atoms. The largest absolute Gasteiger partial charge is 0.506 e. The van der Waals surface area contributed by atoms with Crippen molar-refractivity contribution in [3.05, 3.63) is 17.3 Å². The fraction of sp³-hybridized carbons (Fsp3) is 0.400. The number of aromatic nitrogens is 1. The maximum absolute atomic E-state index is 9.62. The summed E-state index contributed by atoms with van der Waals surface area (Å²) >= 11 is 0. The average Bonchev–Trinajstić information content (AvgIpc) is 2.07. The van der Waals surface area contributed by atoms with Gasteiger partial charge in [-0.05, 0) is 12.8 Å². The monoisotopic (exact) mass is 193 g/mol. The van der Waals surface area contributed by atoms with E-state index < -0.39 is 0 Å². The number of nitrogens with one attached hydrogen (secondary N) is 1. The number of hydrogen-bond acceptors (Lipinski definition) is 4. The molecule has 0 aliphatic rings. The van der Waals surface area contributed by atoms with Crippen LogP contribution in [-0.2, 0) is 0 Å². The molecular formula is C10H15N3O. The topological polar surface area (TPSA) is 83.0 Å².